The first-order valence-electron chi connectivity index (χ1n) is 9.40. The van der Waals surface area contributed by atoms with E-state index >= 15 is 0 Å². The number of ether oxygens (including phenoxy) is 1. The molecule has 0 bridgehead atoms. The highest BCUT2D eigenvalue weighted by molar-refractivity contribution is 5.95. The van der Waals surface area contributed by atoms with E-state index in [2.05, 4.69) is 23.6 Å². The first-order valence-corrected chi connectivity index (χ1v) is 9.40. The van der Waals surface area contributed by atoms with Crippen LogP contribution < -0.4 is 10.1 Å². The molecule has 7 nitrogen and oxygen atoms in total. The monoisotopic (exact) mass is 396 g/mol. The summed E-state index contributed by atoms with van der Waals surface area (Å²) in [5.41, 5.74) is 2.34. The van der Waals surface area contributed by atoms with Crippen molar-refractivity contribution >= 4 is 11.8 Å². The molecule has 29 heavy (non-hydrogen) atoms. The number of hydrogen-bond donors (Lipinski definition) is 1. The highest BCUT2D eigenvalue weighted by Crippen LogP contribution is 2.19. The predicted molar refractivity (Wildman–Crippen MR) is 113 cm³/mol. The standard InChI is InChI=1S/C22H28N4O3/c1-6-11-25(12-7-2)22(28)18(5)23-21(27)19-10-13-26(24-19)15-29-20-14-16(3)8-9-17(20)4/h6-10,13-14,18H,1-2,11-12,15H2,3-5H3,(H,23,27). The number of benzene rings is 1. The van der Waals surface area contributed by atoms with Crippen molar-refractivity contribution in [2.75, 3.05) is 13.1 Å². The Morgan fingerprint density at radius 3 is 2.59 bits per heavy atom. The van der Waals surface area contributed by atoms with E-state index in [4.69, 9.17) is 4.74 Å². The van der Waals surface area contributed by atoms with Crippen LogP contribution >= 0.6 is 0 Å². The molecule has 0 saturated carbocycles. The zero-order chi connectivity index (χ0) is 21.4. The molecule has 0 fully saturated rings. The molecule has 1 N–H and O–H groups in total. The van der Waals surface area contributed by atoms with Crippen molar-refractivity contribution in [2.24, 2.45) is 0 Å². The molecular formula is C22H28N4O3. The number of nitrogens with zero attached hydrogens (tertiary/aromatic N) is 3. The molecule has 2 rings (SSSR count). The van der Waals surface area contributed by atoms with E-state index < -0.39 is 11.9 Å². The summed E-state index contributed by atoms with van der Waals surface area (Å²) in [7, 11) is 0. The number of amides is 2. The molecule has 1 atom stereocenters. The molecule has 0 aliphatic heterocycles. The molecule has 0 spiro atoms. The Morgan fingerprint density at radius 1 is 1.24 bits per heavy atom. The fraction of sp³-hybridized carbons (Fsp3) is 0.318. The minimum absolute atomic E-state index is 0.179. The lowest BCUT2D eigenvalue weighted by Crippen LogP contribution is -2.47. The van der Waals surface area contributed by atoms with Crippen LogP contribution in [0, 0.1) is 13.8 Å². The smallest absolute Gasteiger partial charge is 0.272 e. The Morgan fingerprint density at radius 2 is 1.93 bits per heavy atom. The summed E-state index contributed by atoms with van der Waals surface area (Å²) in [6, 6.07) is 6.86. The first kappa shape index (κ1) is 21.9. The van der Waals surface area contributed by atoms with Gasteiger partial charge in [-0.25, -0.2) is 4.68 Å². The highest BCUT2D eigenvalue weighted by Gasteiger charge is 2.22. The second-order valence-electron chi connectivity index (χ2n) is 6.80. The van der Waals surface area contributed by atoms with Gasteiger partial charge in [-0.15, -0.1) is 13.2 Å². The van der Waals surface area contributed by atoms with Crippen molar-refractivity contribution in [3.63, 3.8) is 0 Å². The number of aryl methyl sites for hydroxylation is 2. The molecule has 7 heteroatoms. The van der Waals surface area contributed by atoms with E-state index in [1.54, 1.807) is 36.2 Å². The van der Waals surface area contributed by atoms with Crippen LogP contribution in [0.4, 0.5) is 0 Å². The van der Waals surface area contributed by atoms with Crippen LogP contribution in [-0.4, -0.2) is 45.6 Å². The number of carbonyl (C=O) groups excluding carboxylic acids is 2. The van der Waals surface area contributed by atoms with E-state index in [0.29, 0.717) is 13.1 Å². The van der Waals surface area contributed by atoms with Crippen LogP contribution in [0.2, 0.25) is 0 Å². The Kier molecular flexibility index (Phi) is 7.77. The summed E-state index contributed by atoms with van der Waals surface area (Å²) in [6.07, 6.45) is 4.93. The van der Waals surface area contributed by atoms with Crippen LogP contribution in [0.1, 0.15) is 28.5 Å². The number of rotatable bonds is 10. The molecule has 0 aliphatic carbocycles. The van der Waals surface area contributed by atoms with Gasteiger partial charge in [-0.05, 0) is 44.0 Å². The number of nitrogens with one attached hydrogen (secondary N) is 1. The minimum atomic E-state index is -0.696. The van der Waals surface area contributed by atoms with E-state index in [1.807, 2.05) is 32.0 Å². The topological polar surface area (TPSA) is 76.5 Å². The molecule has 1 aromatic heterocycles. The summed E-state index contributed by atoms with van der Waals surface area (Å²) < 4.78 is 7.32. The normalized spacial score (nSPS) is 11.4. The van der Waals surface area contributed by atoms with Crippen molar-refractivity contribution in [1.82, 2.24) is 20.0 Å². The lowest BCUT2D eigenvalue weighted by atomic mass is 10.1. The first-order chi connectivity index (χ1) is 13.8. The summed E-state index contributed by atoms with van der Waals surface area (Å²) in [5.74, 6) is 0.139. The molecular weight excluding hydrogens is 368 g/mol. The van der Waals surface area contributed by atoms with Crippen molar-refractivity contribution in [2.45, 2.75) is 33.5 Å². The molecule has 154 valence electrons. The summed E-state index contributed by atoms with van der Waals surface area (Å²) in [4.78, 5) is 26.5. The van der Waals surface area contributed by atoms with Gasteiger partial charge in [0.2, 0.25) is 5.91 Å². The summed E-state index contributed by atoms with van der Waals surface area (Å²) in [6.45, 7) is 13.8. The van der Waals surface area contributed by atoms with E-state index in [0.717, 1.165) is 16.9 Å². The number of carbonyl (C=O) groups is 2. The van der Waals surface area contributed by atoms with Crippen LogP contribution in [-0.2, 0) is 11.5 Å². The van der Waals surface area contributed by atoms with Gasteiger partial charge in [-0.1, -0.05) is 24.3 Å². The molecule has 1 heterocycles. The number of aromatic nitrogens is 2. The zero-order valence-corrected chi connectivity index (χ0v) is 17.2. The molecule has 0 aliphatic rings. The van der Waals surface area contributed by atoms with Gasteiger partial charge in [0.05, 0.1) is 0 Å². The Labute approximate surface area is 171 Å². The van der Waals surface area contributed by atoms with Gasteiger partial charge in [0.25, 0.3) is 5.91 Å². The van der Waals surface area contributed by atoms with Gasteiger partial charge < -0.3 is 15.0 Å². The van der Waals surface area contributed by atoms with Crippen LogP contribution in [0.5, 0.6) is 5.75 Å². The Hall–Kier alpha value is -3.35. The molecule has 2 amide bonds. The maximum absolute atomic E-state index is 12.5. The molecule has 2 aromatic rings. The van der Waals surface area contributed by atoms with Gasteiger partial charge in [0.15, 0.2) is 6.73 Å². The van der Waals surface area contributed by atoms with Gasteiger partial charge >= 0.3 is 0 Å². The molecule has 1 aromatic carbocycles. The van der Waals surface area contributed by atoms with Gasteiger partial charge in [0.1, 0.15) is 17.5 Å². The third-order valence-corrected chi connectivity index (χ3v) is 4.30. The average Bonchev–Trinajstić information content (AvgIpc) is 3.17. The maximum atomic E-state index is 12.5. The third-order valence-electron chi connectivity index (χ3n) is 4.30. The van der Waals surface area contributed by atoms with Gasteiger partial charge in [-0.2, -0.15) is 5.10 Å². The molecule has 0 radical (unpaired) electrons. The fourth-order valence-electron chi connectivity index (χ4n) is 2.73. The summed E-state index contributed by atoms with van der Waals surface area (Å²) >= 11 is 0. The van der Waals surface area contributed by atoms with Gasteiger partial charge in [-0.3, -0.25) is 9.59 Å². The largest absolute Gasteiger partial charge is 0.471 e. The minimum Gasteiger partial charge on any atom is -0.471 e. The highest BCUT2D eigenvalue weighted by atomic mass is 16.5. The third kappa shape index (κ3) is 6.07. The second kappa shape index (κ2) is 10.3. The Bertz CT molecular complexity index is 878. The van der Waals surface area contributed by atoms with Crippen molar-refractivity contribution in [1.29, 1.82) is 0 Å². The lowest BCUT2D eigenvalue weighted by Gasteiger charge is -2.23. The van der Waals surface area contributed by atoms with Crippen LogP contribution in [0.3, 0.4) is 0 Å². The fourth-order valence-corrected chi connectivity index (χ4v) is 2.73. The molecule has 0 saturated heterocycles. The second-order valence-corrected chi connectivity index (χ2v) is 6.80. The van der Waals surface area contributed by atoms with Crippen LogP contribution in [0.25, 0.3) is 0 Å². The number of hydrogen-bond acceptors (Lipinski definition) is 4. The quantitative estimate of drug-likeness (QED) is 0.627. The summed E-state index contributed by atoms with van der Waals surface area (Å²) in [5, 5.41) is 6.91. The Balaban J connectivity index is 1.96. The van der Waals surface area contributed by atoms with E-state index in [-0.39, 0.29) is 18.3 Å². The molecule has 1 unspecified atom stereocenters. The van der Waals surface area contributed by atoms with Gasteiger partial charge in [0, 0.05) is 19.3 Å². The van der Waals surface area contributed by atoms with E-state index in [1.165, 1.54) is 4.68 Å². The van der Waals surface area contributed by atoms with Crippen molar-refractivity contribution in [3.8, 4) is 5.75 Å². The predicted octanol–water partition coefficient (Wildman–Crippen LogP) is 2.86. The SMILES string of the molecule is C=CCN(CC=C)C(=O)C(C)NC(=O)c1ccn(COc2cc(C)ccc2C)n1. The van der Waals surface area contributed by atoms with Crippen molar-refractivity contribution in [3.05, 3.63) is 72.6 Å². The van der Waals surface area contributed by atoms with Crippen molar-refractivity contribution < 1.29 is 14.3 Å². The maximum Gasteiger partial charge on any atom is 0.272 e. The average molecular weight is 396 g/mol. The zero-order valence-electron chi connectivity index (χ0n) is 17.2. The van der Waals surface area contributed by atoms with E-state index in [9.17, 15) is 9.59 Å². The lowest BCUT2D eigenvalue weighted by molar-refractivity contribution is -0.131. The van der Waals surface area contributed by atoms with Crippen LogP contribution in [0.15, 0.2) is 55.8 Å².